The number of hydrogen-bond donors (Lipinski definition) is 1. The molecular formula is C17H22N2. The van der Waals surface area contributed by atoms with Crippen molar-refractivity contribution in [1.82, 2.24) is 10.3 Å². The predicted octanol–water partition coefficient (Wildman–Crippen LogP) is 4.12. The molecule has 19 heavy (non-hydrogen) atoms. The highest BCUT2D eigenvalue weighted by Crippen LogP contribution is 2.21. The van der Waals surface area contributed by atoms with E-state index >= 15 is 0 Å². The van der Waals surface area contributed by atoms with E-state index in [-0.39, 0.29) is 0 Å². The maximum Gasteiger partial charge on any atom is 0.0373 e. The lowest BCUT2D eigenvalue weighted by atomic mass is 10.0. The van der Waals surface area contributed by atoms with Crippen molar-refractivity contribution < 1.29 is 0 Å². The topological polar surface area (TPSA) is 24.9 Å². The lowest BCUT2D eigenvalue weighted by Crippen LogP contribution is -2.19. The Labute approximate surface area is 115 Å². The largest absolute Gasteiger partial charge is 0.310 e. The van der Waals surface area contributed by atoms with Crippen LogP contribution in [0, 0.1) is 6.92 Å². The van der Waals surface area contributed by atoms with Gasteiger partial charge in [0.15, 0.2) is 0 Å². The van der Waals surface area contributed by atoms with Gasteiger partial charge < -0.3 is 5.32 Å². The Kier molecular flexibility index (Phi) is 4.69. The molecule has 1 heterocycles. The normalized spacial score (nSPS) is 12.4. The Hall–Kier alpha value is -1.67. The van der Waals surface area contributed by atoms with Crippen molar-refractivity contribution in [3.63, 3.8) is 0 Å². The summed E-state index contributed by atoms with van der Waals surface area (Å²) in [6.45, 7) is 7.46. The summed E-state index contributed by atoms with van der Waals surface area (Å²) >= 11 is 0. The zero-order chi connectivity index (χ0) is 13.7. The Balaban J connectivity index is 2.11. The minimum absolute atomic E-state index is 0.408. The third-order valence-corrected chi connectivity index (χ3v) is 3.36. The second-order valence-electron chi connectivity index (χ2n) is 4.99. The standard InChI is InChI=1S/C17H22N2/c1-4-11-18-14(3)15-7-9-16(10-8-15)17-6-5-13(2)19-12-17/h5-10,12,14,18H,4,11H2,1-3H3. The van der Waals surface area contributed by atoms with Crippen LogP contribution < -0.4 is 5.32 Å². The van der Waals surface area contributed by atoms with Gasteiger partial charge in [-0.15, -0.1) is 0 Å². The van der Waals surface area contributed by atoms with Gasteiger partial charge in [0.2, 0.25) is 0 Å². The van der Waals surface area contributed by atoms with E-state index < -0.39 is 0 Å². The maximum atomic E-state index is 4.34. The van der Waals surface area contributed by atoms with Gasteiger partial charge in [0.1, 0.15) is 0 Å². The maximum absolute atomic E-state index is 4.34. The van der Waals surface area contributed by atoms with Crippen LogP contribution in [0.2, 0.25) is 0 Å². The molecule has 0 aliphatic carbocycles. The van der Waals surface area contributed by atoms with Crippen LogP contribution in [0.15, 0.2) is 42.6 Å². The number of benzene rings is 1. The van der Waals surface area contributed by atoms with Crippen LogP contribution in [-0.4, -0.2) is 11.5 Å². The fourth-order valence-corrected chi connectivity index (χ4v) is 2.08. The minimum atomic E-state index is 0.408. The highest BCUT2D eigenvalue weighted by Gasteiger charge is 2.04. The molecule has 0 aliphatic rings. The molecule has 1 atom stereocenters. The fraction of sp³-hybridized carbons (Fsp3) is 0.353. The Bertz CT molecular complexity index is 500. The number of pyridine rings is 1. The Morgan fingerprint density at radius 1 is 1.05 bits per heavy atom. The molecule has 0 aliphatic heterocycles. The molecule has 2 heteroatoms. The second-order valence-corrected chi connectivity index (χ2v) is 4.99. The summed E-state index contributed by atoms with van der Waals surface area (Å²) in [4.78, 5) is 4.34. The molecule has 0 bridgehead atoms. The van der Waals surface area contributed by atoms with Crippen molar-refractivity contribution in [2.45, 2.75) is 33.2 Å². The van der Waals surface area contributed by atoms with Crippen molar-refractivity contribution >= 4 is 0 Å². The zero-order valence-corrected chi connectivity index (χ0v) is 12.0. The predicted molar refractivity (Wildman–Crippen MR) is 81.1 cm³/mol. The van der Waals surface area contributed by atoms with E-state index in [1.54, 1.807) is 0 Å². The van der Waals surface area contributed by atoms with Gasteiger partial charge in [-0.2, -0.15) is 0 Å². The molecule has 1 unspecified atom stereocenters. The third-order valence-electron chi connectivity index (χ3n) is 3.36. The average Bonchev–Trinajstić information content (AvgIpc) is 2.46. The van der Waals surface area contributed by atoms with E-state index in [4.69, 9.17) is 0 Å². The van der Waals surface area contributed by atoms with Crippen LogP contribution in [0.5, 0.6) is 0 Å². The molecule has 2 aromatic rings. The van der Waals surface area contributed by atoms with Gasteiger partial charge in [0.05, 0.1) is 0 Å². The summed E-state index contributed by atoms with van der Waals surface area (Å²) < 4.78 is 0. The molecule has 2 nitrogen and oxygen atoms in total. The van der Waals surface area contributed by atoms with Gasteiger partial charge in [0, 0.05) is 23.5 Å². The van der Waals surface area contributed by atoms with E-state index in [1.807, 2.05) is 13.1 Å². The Morgan fingerprint density at radius 3 is 2.32 bits per heavy atom. The van der Waals surface area contributed by atoms with Crippen molar-refractivity contribution in [3.05, 3.63) is 53.9 Å². The molecule has 1 aromatic carbocycles. The minimum Gasteiger partial charge on any atom is -0.310 e. The average molecular weight is 254 g/mol. The summed E-state index contributed by atoms with van der Waals surface area (Å²) in [5.41, 5.74) is 4.78. The third kappa shape index (κ3) is 3.65. The molecule has 0 saturated carbocycles. The quantitative estimate of drug-likeness (QED) is 0.868. The summed E-state index contributed by atoms with van der Waals surface area (Å²) in [7, 11) is 0. The van der Waals surface area contributed by atoms with E-state index in [0.29, 0.717) is 6.04 Å². The SMILES string of the molecule is CCCNC(C)c1ccc(-c2ccc(C)nc2)cc1. The molecule has 100 valence electrons. The number of rotatable bonds is 5. The smallest absolute Gasteiger partial charge is 0.0373 e. The van der Waals surface area contributed by atoms with Gasteiger partial charge in [-0.05, 0) is 44.0 Å². The first kappa shape index (κ1) is 13.8. The molecule has 0 amide bonds. The summed E-state index contributed by atoms with van der Waals surface area (Å²) in [6, 6.07) is 13.3. The highest BCUT2D eigenvalue weighted by atomic mass is 14.9. The zero-order valence-electron chi connectivity index (χ0n) is 12.0. The van der Waals surface area contributed by atoms with Gasteiger partial charge in [-0.25, -0.2) is 0 Å². The van der Waals surface area contributed by atoms with Crippen LogP contribution in [0.4, 0.5) is 0 Å². The van der Waals surface area contributed by atoms with E-state index in [0.717, 1.165) is 18.7 Å². The van der Waals surface area contributed by atoms with E-state index in [2.05, 4.69) is 60.5 Å². The lowest BCUT2D eigenvalue weighted by molar-refractivity contribution is 0.571. The van der Waals surface area contributed by atoms with Crippen LogP contribution in [0.25, 0.3) is 11.1 Å². The first-order valence-corrected chi connectivity index (χ1v) is 6.97. The molecule has 0 fully saturated rings. The monoisotopic (exact) mass is 254 g/mol. The summed E-state index contributed by atoms with van der Waals surface area (Å²) in [6.07, 6.45) is 3.10. The molecule has 0 saturated heterocycles. The van der Waals surface area contributed by atoms with E-state index in [1.165, 1.54) is 16.7 Å². The molecule has 1 N–H and O–H groups in total. The first-order chi connectivity index (χ1) is 9.20. The van der Waals surface area contributed by atoms with Crippen molar-refractivity contribution in [2.24, 2.45) is 0 Å². The summed E-state index contributed by atoms with van der Waals surface area (Å²) in [5.74, 6) is 0. The second kappa shape index (κ2) is 6.48. The van der Waals surface area contributed by atoms with Gasteiger partial charge in [-0.1, -0.05) is 37.3 Å². The number of nitrogens with zero attached hydrogens (tertiary/aromatic N) is 1. The first-order valence-electron chi connectivity index (χ1n) is 6.97. The molecule has 2 rings (SSSR count). The van der Waals surface area contributed by atoms with Gasteiger partial charge in [0.25, 0.3) is 0 Å². The van der Waals surface area contributed by atoms with E-state index in [9.17, 15) is 0 Å². The van der Waals surface area contributed by atoms with Crippen molar-refractivity contribution in [2.75, 3.05) is 6.54 Å². The number of hydrogen-bond acceptors (Lipinski definition) is 2. The number of aromatic nitrogens is 1. The van der Waals surface area contributed by atoms with Gasteiger partial charge >= 0.3 is 0 Å². The van der Waals surface area contributed by atoms with Crippen LogP contribution in [0.1, 0.15) is 37.6 Å². The Morgan fingerprint density at radius 2 is 1.74 bits per heavy atom. The molecular weight excluding hydrogens is 232 g/mol. The van der Waals surface area contributed by atoms with Gasteiger partial charge in [-0.3, -0.25) is 4.98 Å². The summed E-state index contributed by atoms with van der Waals surface area (Å²) in [5, 5.41) is 3.50. The lowest BCUT2D eigenvalue weighted by Gasteiger charge is -2.14. The van der Waals surface area contributed by atoms with Crippen LogP contribution in [0.3, 0.4) is 0 Å². The molecule has 0 spiro atoms. The fourth-order valence-electron chi connectivity index (χ4n) is 2.08. The van der Waals surface area contributed by atoms with Crippen molar-refractivity contribution in [3.8, 4) is 11.1 Å². The molecule has 1 aromatic heterocycles. The highest BCUT2D eigenvalue weighted by molar-refractivity contribution is 5.62. The number of aryl methyl sites for hydroxylation is 1. The molecule has 0 radical (unpaired) electrons. The van der Waals surface area contributed by atoms with Crippen LogP contribution in [-0.2, 0) is 0 Å². The van der Waals surface area contributed by atoms with Crippen molar-refractivity contribution in [1.29, 1.82) is 0 Å². The van der Waals surface area contributed by atoms with Crippen LogP contribution >= 0.6 is 0 Å². The number of nitrogens with one attached hydrogen (secondary N) is 1.